The normalized spacial score (nSPS) is 23.1. The summed E-state index contributed by atoms with van der Waals surface area (Å²) in [5, 5.41) is 4.73. The van der Waals surface area contributed by atoms with E-state index in [1.54, 1.807) is 11.3 Å². The van der Waals surface area contributed by atoms with Crippen molar-refractivity contribution < 1.29 is 0 Å². The summed E-state index contributed by atoms with van der Waals surface area (Å²) >= 11 is 1.68. The lowest BCUT2D eigenvalue weighted by Crippen LogP contribution is -2.27. The van der Waals surface area contributed by atoms with E-state index in [1.807, 2.05) is 0 Å². The van der Waals surface area contributed by atoms with Gasteiger partial charge in [-0.25, -0.2) is 4.98 Å². The van der Waals surface area contributed by atoms with Crippen LogP contribution in [0, 0.1) is 12.8 Å². The van der Waals surface area contributed by atoms with Gasteiger partial charge >= 0.3 is 0 Å². The molecule has 2 aromatic heterocycles. The average molecular weight is 290 g/mol. The Hall–Kier alpha value is -1.36. The van der Waals surface area contributed by atoms with Crippen LogP contribution in [0.25, 0.3) is 10.2 Å². The maximum absolute atomic E-state index is 5.84. The van der Waals surface area contributed by atoms with Crippen molar-refractivity contribution in [1.29, 1.82) is 0 Å². The number of hydrogen-bond acceptors (Lipinski definition) is 5. The molecule has 0 amide bonds. The highest BCUT2D eigenvalue weighted by atomic mass is 32.1. The van der Waals surface area contributed by atoms with Crippen LogP contribution < -0.4 is 11.1 Å². The maximum Gasteiger partial charge on any atom is 0.223 e. The summed E-state index contributed by atoms with van der Waals surface area (Å²) in [6.07, 6.45) is 6.42. The molecule has 0 radical (unpaired) electrons. The summed E-state index contributed by atoms with van der Waals surface area (Å²) in [5.41, 5.74) is 5.84. The number of nitrogens with one attached hydrogen (secondary N) is 1. The fourth-order valence-electron chi connectivity index (χ4n) is 3.15. The first-order valence-corrected chi connectivity index (χ1v) is 8.27. The molecular formula is C15H22N4S. The predicted molar refractivity (Wildman–Crippen MR) is 86.2 cm³/mol. The van der Waals surface area contributed by atoms with Gasteiger partial charge in [0.05, 0.1) is 5.39 Å². The molecule has 1 saturated carbocycles. The van der Waals surface area contributed by atoms with Crippen molar-refractivity contribution in [2.75, 3.05) is 11.1 Å². The second-order valence-electron chi connectivity index (χ2n) is 5.79. The van der Waals surface area contributed by atoms with Gasteiger partial charge in [0.1, 0.15) is 10.6 Å². The van der Waals surface area contributed by atoms with Crippen LogP contribution in [0.15, 0.2) is 6.07 Å². The number of fused-ring (bicyclic) bond motifs is 1. The summed E-state index contributed by atoms with van der Waals surface area (Å²) in [6.45, 7) is 4.39. The lowest BCUT2D eigenvalue weighted by atomic mass is 9.84. The summed E-state index contributed by atoms with van der Waals surface area (Å²) in [4.78, 5) is 11.0. The first-order valence-electron chi connectivity index (χ1n) is 7.46. The smallest absolute Gasteiger partial charge is 0.223 e. The maximum atomic E-state index is 5.84. The number of hydrogen-bond donors (Lipinski definition) is 2. The van der Waals surface area contributed by atoms with Gasteiger partial charge in [-0.3, -0.25) is 0 Å². The Kier molecular flexibility index (Phi) is 3.78. The monoisotopic (exact) mass is 290 g/mol. The molecule has 2 unspecified atom stereocenters. The number of anilines is 2. The van der Waals surface area contributed by atoms with Crippen LogP contribution in [-0.2, 0) is 0 Å². The van der Waals surface area contributed by atoms with E-state index >= 15 is 0 Å². The standard InChI is InChI=1S/C15H22N4S/c1-3-10-5-4-6-11(8-10)17-13-12-7-9(2)20-14(12)19-15(16)18-13/h7,10-11H,3-6,8H2,1-2H3,(H3,16,17,18,19). The van der Waals surface area contributed by atoms with Crippen LogP contribution in [0.5, 0.6) is 0 Å². The van der Waals surface area contributed by atoms with Gasteiger partial charge in [-0.15, -0.1) is 11.3 Å². The molecule has 0 aromatic carbocycles. The van der Waals surface area contributed by atoms with Gasteiger partial charge in [0, 0.05) is 10.9 Å². The molecule has 0 aliphatic heterocycles. The van der Waals surface area contributed by atoms with E-state index in [4.69, 9.17) is 5.73 Å². The fraction of sp³-hybridized carbons (Fsp3) is 0.600. The minimum absolute atomic E-state index is 0.365. The van der Waals surface area contributed by atoms with E-state index in [2.05, 4.69) is 35.2 Å². The molecule has 1 fully saturated rings. The van der Waals surface area contributed by atoms with Crippen molar-refractivity contribution in [3.63, 3.8) is 0 Å². The van der Waals surface area contributed by atoms with E-state index in [0.29, 0.717) is 12.0 Å². The van der Waals surface area contributed by atoms with Gasteiger partial charge in [-0.05, 0) is 31.7 Å². The molecule has 3 N–H and O–H groups in total. The predicted octanol–water partition coefficient (Wildman–Crippen LogP) is 3.96. The molecule has 5 heteroatoms. The van der Waals surface area contributed by atoms with Gasteiger partial charge in [-0.2, -0.15) is 4.98 Å². The number of aryl methyl sites for hydroxylation is 1. The minimum atomic E-state index is 0.365. The quantitative estimate of drug-likeness (QED) is 0.898. The first-order chi connectivity index (χ1) is 9.65. The zero-order valence-corrected chi connectivity index (χ0v) is 13.0. The third-order valence-corrected chi connectivity index (χ3v) is 5.18. The molecule has 2 aromatic rings. The van der Waals surface area contributed by atoms with E-state index < -0.39 is 0 Å². The highest BCUT2D eigenvalue weighted by Crippen LogP contribution is 2.32. The van der Waals surface area contributed by atoms with Crippen LogP contribution >= 0.6 is 11.3 Å². The lowest BCUT2D eigenvalue weighted by Gasteiger charge is -2.29. The van der Waals surface area contributed by atoms with Crippen LogP contribution in [0.4, 0.5) is 11.8 Å². The molecule has 0 spiro atoms. The Morgan fingerprint density at radius 1 is 1.40 bits per heavy atom. The van der Waals surface area contributed by atoms with Crippen molar-refractivity contribution in [2.45, 2.75) is 52.0 Å². The van der Waals surface area contributed by atoms with Crippen LogP contribution in [-0.4, -0.2) is 16.0 Å². The number of rotatable bonds is 3. The Bertz CT molecular complexity index is 607. The number of nitrogens with two attached hydrogens (primary N) is 1. The van der Waals surface area contributed by atoms with Gasteiger partial charge in [0.2, 0.25) is 5.95 Å². The third-order valence-electron chi connectivity index (χ3n) is 4.23. The molecule has 108 valence electrons. The summed E-state index contributed by atoms with van der Waals surface area (Å²) in [5.74, 6) is 2.13. The number of nitrogens with zero attached hydrogens (tertiary/aromatic N) is 2. The van der Waals surface area contributed by atoms with E-state index in [1.165, 1.54) is 37.0 Å². The number of nitrogen functional groups attached to an aromatic ring is 1. The molecule has 1 aliphatic carbocycles. The van der Waals surface area contributed by atoms with Gasteiger partial charge in [0.25, 0.3) is 0 Å². The second kappa shape index (κ2) is 5.56. The first kappa shape index (κ1) is 13.6. The lowest BCUT2D eigenvalue weighted by molar-refractivity contribution is 0.327. The van der Waals surface area contributed by atoms with Crippen molar-refractivity contribution >= 4 is 33.3 Å². The molecule has 3 rings (SSSR count). The van der Waals surface area contributed by atoms with Crippen LogP contribution in [0.2, 0.25) is 0 Å². The zero-order valence-electron chi connectivity index (χ0n) is 12.1. The molecule has 20 heavy (non-hydrogen) atoms. The molecule has 2 heterocycles. The largest absolute Gasteiger partial charge is 0.368 e. The van der Waals surface area contributed by atoms with Gasteiger partial charge < -0.3 is 11.1 Å². The summed E-state index contributed by atoms with van der Waals surface area (Å²) in [7, 11) is 0. The number of thiophene rings is 1. The molecular weight excluding hydrogens is 268 g/mol. The van der Waals surface area contributed by atoms with Crippen molar-refractivity contribution in [1.82, 2.24) is 9.97 Å². The van der Waals surface area contributed by atoms with Crippen molar-refractivity contribution in [3.05, 3.63) is 10.9 Å². The highest BCUT2D eigenvalue weighted by Gasteiger charge is 2.22. The Balaban J connectivity index is 1.86. The van der Waals surface area contributed by atoms with Crippen molar-refractivity contribution in [2.24, 2.45) is 5.92 Å². The van der Waals surface area contributed by atoms with Gasteiger partial charge in [-0.1, -0.05) is 26.2 Å². The average Bonchev–Trinajstić information content (AvgIpc) is 2.79. The van der Waals surface area contributed by atoms with Crippen molar-refractivity contribution in [3.8, 4) is 0 Å². The summed E-state index contributed by atoms with van der Waals surface area (Å²) in [6, 6.07) is 2.67. The Labute approximate surface area is 123 Å². The zero-order chi connectivity index (χ0) is 14.1. The van der Waals surface area contributed by atoms with E-state index in [-0.39, 0.29) is 0 Å². The third kappa shape index (κ3) is 2.73. The van der Waals surface area contributed by atoms with Crippen LogP contribution in [0.1, 0.15) is 43.9 Å². The molecule has 4 nitrogen and oxygen atoms in total. The highest BCUT2D eigenvalue weighted by molar-refractivity contribution is 7.18. The molecule has 0 saturated heterocycles. The fourth-order valence-corrected chi connectivity index (χ4v) is 4.04. The Morgan fingerprint density at radius 3 is 3.05 bits per heavy atom. The van der Waals surface area contributed by atoms with E-state index in [9.17, 15) is 0 Å². The second-order valence-corrected chi connectivity index (χ2v) is 7.02. The SMILES string of the molecule is CCC1CCCC(Nc2nc(N)nc3sc(C)cc23)C1. The molecule has 1 aliphatic rings. The van der Waals surface area contributed by atoms with Crippen LogP contribution in [0.3, 0.4) is 0 Å². The minimum Gasteiger partial charge on any atom is -0.368 e. The topological polar surface area (TPSA) is 63.8 Å². The van der Waals surface area contributed by atoms with Gasteiger partial charge in [0.15, 0.2) is 0 Å². The molecule has 0 bridgehead atoms. The van der Waals surface area contributed by atoms with E-state index in [0.717, 1.165) is 22.0 Å². The molecule has 2 atom stereocenters. The Morgan fingerprint density at radius 2 is 2.25 bits per heavy atom. The number of aromatic nitrogens is 2. The summed E-state index contributed by atoms with van der Waals surface area (Å²) < 4.78 is 0.